The summed E-state index contributed by atoms with van der Waals surface area (Å²) in [5, 5.41) is 2.95. The number of hydrogen-bond donors (Lipinski definition) is 1. The molecular formula is C22H29NO4. The van der Waals surface area contributed by atoms with Gasteiger partial charge in [0, 0.05) is 0 Å². The fourth-order valence-electron chi connectivity index (χ4n) is 2.56. The Balaban J connectivity index is 1.82. The highest BCUT2D eigenvalue weighted by Gasteiger charge is 2.20. The monoisotopic (exact) mass is 371 g/mol. The highest BCUT2D eigenvalue weighted by molar-refractivity contribution is 5.81. The smallest absolute Gasteiger partial charge is 0.261 e. The standard InChI is InChI=1S/C22H29NO4/c1-5-17-7-9-20(10-8-17)27-21(6-2)22(24)23-16(3)15-26-19-13-11-18(25-4)12-14-19/h7-14,16,21H,5-6,15H2,1-4H3,(H,23,24)/t16-,21+/m0/s1. The lowest BCUT2D eigenvalue weighted by atomic mass is 10.1. The maximum absolute atomic E-state index is 12.5. The van der Waals surface area contributed by atoms with Gasteiger partial charge in [-0.1, -0.05) is 26.0 Å². The van der Waals surface area contributed by atoms with Crippen molar-refractivity contribution in [3.8, 4) is 17.2 Å². The van der Waals surface area contributed by atoms with Crippen LogP contribution in [-0.4, -0.2) is 31.8 Å². The highest BCUT2D eigenvalue weighted by Crippen LogP contribution is 2.17. The van der Waals surface area contributed by atoms with Crippen molar-refractivity contribution in [2.45, 2.75) is 45.8 Å². The topological polar surface area (TPSA) is 56.8 Å². The third-order valence-corrected chi connectivity index (χ3v) is 4.22. The molecular weight excluding hydrogens is 342 g/mol. The van der Waals surface area contributed by atoms with E-state index in [1.165, 1.54) is 5.56 Å². The van der Waals surface area contributed by atoms with Gasteiger partial charge in [-0.05, 0) is 61.7 Å². The number of carbonyl (C=O) groups excluding carboxylic acids is 1. The summed E-state index contributed by atoms with van der Waals surface area (Å²) < 4.78 is 16.7. The van der Waals surface area contributed by atoms with Crippen molar-refractivity contribution in [2.24, 2.45) is 0 Å². The summed E-state index contributed by atoms with van der Waals surface area (Å²) in [4.78, 5) is 12.5. The van der Waals surface area contributed by atoms with Crippen LogP contribution in [0.15, 0.2) is 48.5 Å². The predicted molar refractivity (Wildman–Crippen MR) is 107 cm³/mol. The Bertz CT molecular complexity index is 697. The molecule has 5 nitrogen and oxygen atoms in total. The number of methoxy groups -OCH3 is 1. The maximum atomic E-state index is 12.5. The van der Waals surface area contributed by atoms with Gasteiger partial charge in [0.25, 0.3) is 5.91 Å². The van der Waals surface area contributed by atoms with E-state index in [1.54, 1.807) is 7.11 Å². The number of ether oxygens (including phenoxy) is 3. The number of aryl methyl sites for hydroxylation is 1. The molecule has 146 valence electrons. The lowest BCUT2D eigenvalue weighted by Gasteiger charge is -2.21. The largest absolute Gasteiger partial charge is 0.497 e. The number of carbonyl (C=O) groups is 1. The number of hydrogen-bond acceptors (Lipinski definition) is 4. The maximum Gasteiger partial charge on any atom is 0.261 e. The number of rotatable bonds is 10. The Morgan fingerprint density at radius 2 is 1.56 bits per heavy atom. The van der Waals surface area contributed by atoms with Crippen LogP contribution in [0.2, 0.25) is 0 Å². The molecule has 2 aromatic carbocycles. The molecule has 0 saturated carbocycles. The molecule has 0 spiro atoms. The van der Waals surface area contributed by atoms with E-state index < -0.39 is 6.10 Å². The van der Waals surface area contributed by atoms with Crippen LogP contribution in [0.5, 0.6) is 17.2 Å². The van der Waals surface area contributed by atoms with E-state index in [9.17, 15) is 4.79 Å². The van der Waals surface area contributed by atoms with Gasteiger partial charge >= 0.3 is 0 Å². The molecule has 0 aliphatic heterocycles. The van der Waals surface area contributed by atoms with Gasteiger partial charge in [0.05, 0.1) is 13.2 Å². The summed E-state index contributed by atoms with van der Waals surface area (Å²) in [5.74, 6) is 2.08. The van der Waals surface area contributed by atoms with Crippen molar-refractivity contribution in [3.05, 3.63) is 54.1 Å². The molecule has 0 bridgehead atoms. The summed E-state index contributed by atoms with van der Waals surface area (Å²) >= 11 is 0. The number of amides is 1. The van der Waals surface area contributed by atoms with Crippen LogP contribution in [0.4, 0.5) is 0 Å². The Kier molecular flexibility index (Phi) is 7.99. The van der Waals surface area contributed by atoms with E-state index in [0.29, 0.717) is 18.8 Å². The van der Waals surface area contributed by atoms with E-state index in [2.05, 4.69) is 12.2 Å². The normalized spacial score (nSPS) is 12.7. The molecule has 0 saturated heterocycles. The molecule has 1 N–H and O–H groups in total. The second-order valence-corrected chi connectivity index (χ2v) is 6.41. The molecule has 0 heterocycles. The van der Waals surface area contributed by atoms with Crippen LogP contribution in [-0.2, 0) is 11.2 Å². The van der Waals surface area contributed by atoms with Crippen LogP contribution < -0.4 is 19.5 Å². The number of benzene rings is 2. The van der Waals surface area contributed by atoms with Crippen LogP contribution in [0.3, 0.4) is 0 Å². The lowest BCUT2D eigenvalue weighted by molar-refractivity contribution is -0.128. The molecule has 2 atom stereocenters. The summed E-state index contributed by atoms with van der Waals surface area (Å²) in [6.07, 6.45) is 1.04. The Hall–Kier alpha value is -2.69. The minimum absolute atomic E-state index is 0.136. The summed E-state index contributed by atoms with van der Waals surface area (Å²) in [6, 6.07) is 15.1. The Morgan fingerprint density at radius 1 is 0.963 bits per heavy atom. The lowest BCUT2D eigenvalue weighted by Crippen LogP contribution is -2.44. The van der Waals surface area contributed by atoms with E-state index in [-0.39, 0.29) is 11.9 Å². The first kappa shape index (κ1) is 20.6. The van der Waals surface area contributed by atoms with Crippen molar-refractivity contribution in [3.63, 3.8) is 0 Å². The minimum atomic E-state index is -0.527. The third-order valence-electron chi connectivity index (χ3n) is 4.22. The van der Waals surface area contributed by atoms with Crippen LogP contribution in [0, 0.1) is 0 Å². The molecule has 1 amide bonds. The van der Waals surface area contributed by atoms with E-state index >= 15 is 0 Å². The molecule has 27 heavy (non-hydrogen) atoms. The molecule has 2 aromatic rings. The summed E-state index contributed by atoms with van der Waals surface area (Å²) in [6.45, 7) is 6.32. The van der Waals surface area contributed by atoms with E-state index in [1.807, 2.05) is 62.4 Å². The zero-order valence-corrected chi connectivity index (χ0v) is 16.5. The van der Waals surface area contributed by atoms with Crippen molar-refractivity contribution >= 4 is 5.91 Å². The molecule has 0 unspecified atom stereocenters. The van der Waals surface area contributed by atoms with Gasteiger partial charge in [-0.15, -0.1) is 0 Å². The van der Waals surface area contributed by atoms with Crippen LogP contribution in [0.1, 0.15) is 32.8 Å². The zero-order chi connectivity index (χ0) is 19.6. The molecule has 5 heteroatoms. The van der Waals surface area contributed by atoms with Gasteiger partial charge in [0.1, 0.15) is 23.9 Å². The van der Waals surface area contributed by atoms with Gasteiger partial charge in [-0.3, -0.25) is 4.79 Å². The second kappa shape index (κ2) is 10.5. The van der Waals surface area contributed by atoms with E-state index in [0.717, 1.165) is 17.9 Å². The highest BCUT2D eigenvalue weighted by atomic mass is 16.5. The van der Waals surface area contributed by atoms with Crippen molar-refractivity contribution < 1.29 is 19.0 Å². The number of nitrogens with one attached hydrogen (secondary N) is 1. The first-order chi connectivity index (χ1) is 13.0. The SMILES string of the molecule is CCc1ccc(O[C@H](CC)C(=O)N[C@@H](C)COc2ccc(OC)cc2)cc1. The van der Waals surface area contributed by atoms with Crippen molar-refractivity contribution in [1.29, 1.82) is 0 Å². The minimum Gasteiger partial charge on any atom is -0.497 e. The molecule has 0 aliphatic carbocycles. The average Bonchev–Trinajstić information content (AvgIpc) is 2.71. The third kappa shape index (κ3) is 6.51. The predicted octanol–water partition coefficient (Wildman–Crippen LogP) is 4.00. The summed E-state index contributed by atoms with van der Waals surface area (Å²) in [7, 11) is 1.62. The zero-order valence-electron chi connectivity index (χ0n) is 16.5. The Labute approximate surface area is 161 Å². The quantitative estimate of drug-likeness (QED) is 0.686. The molecule has 2 rings (SSSR count). The average molecular weight is 371 g/mol. The molecule has 0 aromatic heterocycles. The molecule has 0 radical (unpaired) electrons. The van der Waals surface area contributed by atoms with Crippen LogP contribution in [0.25, 0.3) is 0 Å². The van der Waals surface area contributed by atoms with Crippen molar-refractivity contribution in [1.82, 2.24) is 5.32 Å². The van der Waals surface area contributed by atoms with Gasteiger partial charge in [0.15, 0.2) is 6.10 Å². The van der Waals surface area contributed by atoms with Gasteiger partial charge in [-0.2, -0.15) is 0 Å². The molecule has 0 fully saturated rings. The Morgan fingerprint density at radius 3 is 2.11 bits per heavy atom. The summed E-state index contributed by atoms with van der Waals surface area (Å²) in [5.41, 5.74) is 1.24. The second-order valence-electron chi connectivity index (χ2n) is 6.41. The van der Waals surface area contributed by atoms with Gasteiger partial charge in [-0.25, -0.2) is 0 Å². The van der Waals surface area contributed by atoms with E-state index in [4.69, 9.17) is 14.2 Å². The van der Waals surface area contributed by atoms with Gasteiger partial charge in [0.2, 0.25) is 0 Å². The first-order valence-electron chi connectivity index (χ1n) is 9.38. The van der Waals surface area contributed by atoms with Crippen molar-refractivity contribution in [2.75, 3.05) is 13.7 Å². The van der Waals surface area contributed by atoms with Crippen LogP contribution >= 0.6 is 0 Å². The molecule has 0 aliphatic rings. The van der Waals surface area contributed by atoms with Gasteiger partial charge < -0.3 is 19.5 Å². The fraction of sp³-hybridized carbons (Fsp3) is 0.409. The fourth-order valence-corrected chi connectivity index (χ4v) is 2.56. The first-order valence-corrected chi connectivity index (χ1v) is 9.38.